The average Bonchev–Trinajstić information content (AvgIpc) is 2.18. The summed E-state index contributed by atoms with van der Waals surface area (Å²) in [5.41, 5.74) is 3.70. The van der Waals surface area contributed by atoms with E-state index in [1.807, 2.05) is 0 Å². The molecule has 0 spiro atoms. The molecule has 0 fully saturated rings. The number of hydrogen-bond acceptors (Lipinski definition) is 1. The Balaban J connectivity index is 2.56. The van der Waals surface area contributed by atoms with E-state index in [4.69, 9.17) is 0 Å². The van der Waals surface area contributed by atoms with Gasteiger partial charge in [0.15, 0.2) is 0 Å². The fourth-order valence-corrected chi connectivity index (χ4v) is 1.28. The summed E-state index contributed by atoms with van der Waals surface area (Å²) in [6.07, 6.45) is 4.58. The maximum absolute atomic E-state index is 3.36. The Morgan fingerprint density at radius 2 is 1.93 bits per heavy atom. The molecule has 0 saturated carbocycles. The van der Waals surface area contributed by atoms with Crippen LogP contribution in [0.5, 0.6) is 0 Å². The van der Waals surface area contributed by atoms with Gasteiger partial charge in [-0.3, -0.25) is 0 Å². The lowest BCUT2D eigenvalue weighted by atomic mass is 10.2. The topological polar surface area (TPSA) is 12.0 Å². The lowest BCUT2D eigenvalue weighted by Crippen LogP contribution is -1.94. The van der Waals surface area contributed by atoms with Crippen LogP contribution in [0.2, 0.25) is 0 Å². The Hall–Kier alpha value is -1.24. The van der Waals surface area contributed by atoms with Crippen molar-refractivity contribution >= 4 is 5.69 Å². The van der Waals surface area contributed by atoms with Crippen LogP contribution in [-0.4, -0.2) is 0 Å². The molecule has 1 N–H and O–H groups in total. The molecule has 1 aromatic carbocycles. The Labute approximate surface area is 86.8 Å². The molecule has 0 unspecified atom stereocenters. The highest BCUT2D eigenvalue weighted by Crippen LogP contribution is 2.11. The van der Waals surface area contributed by atoms with Gasteiger partial charge in [0.25, 0.3) is 0 Å². The third-order valence-electron chi connectivity index (χ3n) is 2.13. The molecule has 1 rings (SSSR count). The van der Waals surface area contributed by atoms with Crippen molar-refractivity contribution < 1.29 is 0 Å². The number of nitrogens with one attached hydrogen (secondary N) is 1. The van der Waals surface area contributed by atoms with E-state index in [-0.39, 0.29) is 0 Å². The molecule has 0 radical (unpaired) electrons. The summed E-state index contributed by atoms with van der Waals surface area (Å²) in [4.78, 5) is 0. The van der Waals surface area contributed by atoms with Crippen LogP contribution >= 0.6 is 0 Å². The second-order valence-electron chi connectivity index (χ2n) is 3.67. The number of aryl methyl sites for hydroxylation is 1. The van der Waals surface area contributed by atoms with Gasteiger partial charge in [-0.15, -0.1) is 0 Å². The van der Waals surface area contributed by atoms with Gasteiger partial charge in [0.1, 0.15) is 0 Å². The Morgan fingerprint density at radius 1 is 1.29 bits per heavy atom. The predicted octanol–water partition coefficient (Wildman–Crippen LogP) is 4.11. The molecule has 0 heterocycles. The smallest absolute Gasteiger partial charge is 0.0381 e. The highest BCUT2D eigenvalue weighted by atomic mass is 14.9. The van der Waals surface area contributed by atoms with E-state index in [1.54, 1.807) is 0 Å². The summed E-state index contributed by atoms with van der Waals surface area (Å²) in [5.74, 6) is 0. The van der Waals surface area contributed by atoms with Crippen molar-refractivity contribution in [1.82, 2.24) is 0 Å². The first-order valence-corrected chi connectivity index (χ1v) is 5.23. The summed E-state index contributed by atoms with van der Waals surface area (Å²) in [5, 5.41) is 3.36. The Bertz CT molecular complexity index is 296. The van der Waals surface area contributed by atoms with Crippen molar-refractivity contribution in [1.29, 1.82) is 0 Å². The first-order valence-electron chi connectivity index (χ1n) is 5.23. The van der Waals surface area contributed by atoms with Gasteiger partial charge in [-0.2, -0.15) is 0 Å². The molecular formula is C13H19N. The normalized spacial score (nSPS) is 11.5. The van der Waals surface area contributed by atoms with Crippen LogP contribution in [0.4, 0.5) is 5.69 Å². The summed E-state index contributed by atoms with van der Waals surface area (Å²) in [7, 11) is 0. The molecule has 1 aromatic rings. The lowest BCUT2D eigenvalue weighted by Gasteiger charge is -2.06. The standard InChI is InChI=1S/C13H19N/c1-4-5-6-12(3)14-13-9-7-11(2)8-10-13/h6-10,14H,4-5H2,1-3H3/b12-6-. The molecule has 0 aliphatic carbocycles. The number of hydrogen-bond donors (Lipinski definition) is 1. The molecule has 0 atom stereocenters. The molecule has 76 valence electrons. The first kappa shape index (κ1) is 10.8. The molecular weight excluding hydrogens is 170 g/mol. The minimum atomic E-state index is 1.14. The van der Waals surface area contributed by atoms with Crippen LogP contribution in [0.25, 0.3) is 0 Å². The van der Waals surface area contributed by atoms with E-state index >= 15 is 0 Å². The monoisotopic (exact) mass is 189 g/mol. The molecule has 1 nitrogen and oxygen atoms in total. The number of rotatable bonds is 4. The van der Waals surface area contributed by atoms with Gasteiger partial charge >= 0.3 is 0 Å². The fraction of sp³-hybridized carbons (Fsp3) is 0.385. The van der Waals surface area contributed by atoms with Gasteiger partial charge in [0.05, 0.1) is 0 Å². The van der Waals surface area contributed by atoms with Gasteiger partial charge in [-0.1, -0.05) is 37.1 Å². The maximum Gasteiger partial charge on any atom is 0.0381 e. The second-order valence-corrected chi connectivity index (χ2v) is 3.67. The van der Waals surface area contributed by atoms with Gasteiger partial charge in [-0.05, 0) is 32.4 Å². The molecule has 0 aliphatic rings. The number of anilines is 1. The quantitative estimate of drug-likeness (QED) is 0.751. The van der Waals surface area contributed by atoms with Crippen LogP contribution in [0.1, 0.15) is 32.3 Å². The second kappa shape index (κ2) is 5.48. The first-order chi connectivity index (χ1) is 6.72. The lowest BCUT2D eigenvalue weighted by molar-refractivity contribution is 0.949. The van der Waals surface area contributed by atoms with Crippen molar-refractivity contribution in [3.63, 3.8) is 0 Å². The maximum atomic E-state index is 3.36. The summed E-state index contributed by atoms with van der Waals surface area (Å²) < 4.78 is 0. The predicted molar refractivity (Wildman–Crippen MR) is 63.5 cm³/mol. The summed E-state index contributed by atoms with van der Waals surface area (Å²) in [6.45, 7) is 6.40. The minimum absolute atomic E-state index is 1.14. The zero-order chi connectivity index (χ0) is 10.4. The van der Waals surface area contributed by atoms with Crippen molar-refractivity contribution in [3.8, 4) is 0 Å². The fourth-order valence-electron chi connectivity index (χ4n) is 1.28. The number of allylic oxidation sites excluding steroid dienone is 2. The van der Waals surface area contributed by atoms with Gasteiger partial charge in [0.2, 0.25) is 0 Å². The zero-order valence-corrected chi connectivity index (χ0v) is 9.30. The zero-order valence-electron chi connectivity index (χ0n) is 9.30. The van der Waals surface area contributed by atoms with Crippen LogP contribution in [0.15, 0.2) is 36.0 Å². The highest BCUT2D eigenvalue weighted by molar-refractivity contribution is 5.48. The molecule has 0 saturated heterocycles. The number of unbranched alkanes of at least 4 members (excludes halogenated alkanes) is 1. The van der Waals surface area contributed by atoms with Crippen molar-refractivity contribution in [2.45, 2.75) is 33.6 Å². The van der Waals surface area contributed by atoms with Crippen molar-refractivity contribution in [2.24, 2.45) is 0 Å². The van der Waals surface area contributed by atoms with Crippen LogP contribution < -0.4 is 5.32 Å². The summed E-state index contributed by atoms with van der Waals surface area (Å²) >= 11 is 0. The molecule has 0 aliphatic heterocycles. The van der Waals surface area contributed by atoms with E-state index in [0.29, 0.717) is 0 Å². The number of benzene rings is 1. The van der Waals surface area contributed by atoms with Gasteiger partial charge < -0.3 is 5.32 Å². The summed E-state index contributed by atoms with van der Waals surface area (Å²) in [6, 6.07) is 8.46. The SMILES string of the molecule is CCC/C=C(/C)Nc1ccc(C)cc1. The minimum Gasteiger partial charge on any atom is -0.359 e. The van der Waals surface area contributed by atoms with E-state index in [9.17, 15) is 0 Å². The van der Waals surface area contributed by atoms with E-state index in [2.05, 4.69) is 56.4 Å². The van der Waals surface area contributed by atoms with E-state index in [0.717, 1.165) is 6.42 Å². The largest absolute Gasteiger partial charge is 0.359 e. The van der Waals surface area contributed by atoms with E-state index < -0.39 is 0 Å². The Kier molecular flexibility index (Phi) is 4.24. The molecule has 0 aromatic heterocycles. The van der Waals surface area contributed by atoms with E-state index in [1.165, 1.54) is 23.4 Å². The highest BCUT2D eigenvalue weighted by Gasteiger charge is 1.91. The van der Waals surface area contributed by atoms with Crippen molar-refractivity contribution in [2.75, 3.05) is 5.32 Å². The van der Waals surface area contributed by atoms with Gasteiger partial charge in [0, 0.05) is 11.4 Å². The molecule has 14 heavy (non-hydrogen) atoms. The molecule has 1 heteroatoms. The van der Waals surface area contributed by atoms with Crippen LogP contribution in [0, 0.1) is 6.92 Å². The molecule has 0 amide bonds. The van der Waals surface area contributed by atoms with Crippen LogP contribution in [0.3, 0.4) is 0 Å². The third-order valence-corrected chi connectivity index (χ3v) is 2.13. The van der Waals surface area contributed by atoms with Crippen LogP contribution in [-0.2, 0) is 0 Å². The average molecular weight is 189 g/mol. The Morgan fingerprint density at radius 3 is 2.50 bits per heavy atom. The van der Waals surface area contributed by atoms with Gasteiger partial charge in [-0.25, -0.2) is 0 Å². The van der Waals surface area contributed by atoms with Crippen molar-refractivity contribution in [3.05, 3.63) is 41.6 Å². The third kappa shape index (κ3) is 3.65. The molecule has 0 bridgehead atoms.